The highest BCUT2D eigenvalue weighted by Crippen LogP contribution is 2.32. The van der Waals surface area contributed by atoms with Gasteiger partial charge in [0.05, 0.1) is 11.4 Å². The Hall–Kier alpha value is -2.65. The van der Waals surface area contributed by atoms with E-state index in [2.05, 4.69) is 15.2 Å². The van der Waals surface area contributed by atoms with Crippen LogP contribution in [0.2, 0.25) is 0 Å². The lowest BCUT2D eigenvalue weighted by Crippen LogP contribution is -2.43. The molecule has 3 aromatic rings. The van der Waals surface area contributed by atoms with Crippen molar-refractivity contribution in [2.45, 2.75) is 19.4 Å². The molecule has 0 bridgehead atoms. The van der Waals surface area contributed by atoms with E-state index in [0.29, 0.717) is 28.7 Å². The number of hydrogen-bond acceptors (Lipinski definition) is 8. The number of fused-ring (bicyclic) bond motifs is 2. The molecule has 0 aliphatic carbocycles. The number of piperidine rings is 1. The van der Waals surface area contributed by atoms with E-state index in [1.54, 1.807) is 0 Å². The van der Waals surface area contributed by atoms with E-state index in [1.165, 1.54) is 22.7 Å². The molecule has 1 amide bonds. The minimum atomic E-state index is -0.125. The summed E-state index contributed by atoms with van der Waals surface area (Å²) < 4.78 is 11.4. The molecule has 9 heteroatoms. The number of benzene rings is 1. The number of amides is 1. The molecule has 29 heavy (non-hydrogen) atoms. The zero-order valence-electron chi connectivity index (χ0n) is 15.6. The van der Waals surface area contributed by atoms with Crippen LogP contribution in [0.4, 0.5) is 5.13 Å². The van der Waals surface area contributed by atoms with E-state index in [4.69, 9.17) is 9.47 Å². The fourth-order valence-electron chi connectivity index (χ4n) is 3.68. The Labute approximate surface area is 174 Å². The van der Waals surface area contributed by atoms with Gasteiger partial charge in [-0.3, -0.25) is 9.59 Å². The average Bonchev–Trinajstić information content (AvgIpc) is 3.41. The van der Waals surface area contributed by atoms with Gasteiger partial charge in [-0.2, -0.15) is 0 Å². The summed E-state index contributed by atoms with van der Waals surface area (Å²) in [6.07, 6.45) is 1.73. The molecule has 2 aromatic heterocycles. The Balaban J connectivity index is 1.25. The highest BCUT2D eigenvalue weighted by Gasteiger charge is 2.27. The molecule has 0 unspecified atom stereocenters. The summed E-state index contributed by atoms with van der Waals surface area (Å²) in [6.45, 7) is 2.06. The number of hydrogen-bond donors (Lipinski definition) is 1. The predicted molar refractivity (Wildman–Crippen MR) is 113 cm³/mol. The van der Waals surface area contributed by atoms with Gasteiger partial charge < -0.3 is 19.7 Å². The number of aromatic nitrogens is 1. The van der Waals surface area contributed by atoms with Crippen molar-refractivity contribution in [1.82, 2.24) is 10.3 Å². The largest absolute Gasteiger partial charge is 0.454 e. The van der Waals surface area contributed by atoms with Crippen molar-refractivity contribution in [3.63, 3.8) is 0 Å². The van der Waals surface area contributed by atoms with Crippen molar-refractivity contribution in [2.75, 3.05) is 24.8 Å². The number of ether oxygens (including phenoxy) is 2. The standard InChI is InChI=1S/C20H19N3O4S2/c24-18(21-9-12-3-4-15-16(8-12)27-11-26-15)13-2-1-6-23(10-13)20-22-14-5-7-28-17(14)19(25)29-20/h3-5,7-8,13H,1-2,6,9-11H2,(H,21,24)/t13-/m0/s1. The molecule has 1 fully saturated rings. The molecule has 1 aromatic carbocycles. The van der Waals surface area contributed by atoms with Crippen LogP contribution >= 0.6 is 22.7 Å². The maximum atomic E-state index is 12.7. The molecule has 2 aliphatic rings. The van der Waals surface area contributed by atoms with Gasteiger partial charge in [-0.05, 0) is 42.0 Å². The second-order valence-electron chi connectivity index (χ2n) is 7.11. The molecule has 0 spiro atoms. The Morgan fingerprint density at radius 2 is 2.17 bits per heavy atom. The molecule has 2 aliphatic heterocycles. The van der Waals surface area contributed by atoms with Crippen LogP contribution < -0.4 is 24.4 Å². The van der Waals surface area contributed by atoms with Crippen LogP contribution in [0.15, 0.2) is 34.4 Å². The number of carbonyl (C=O) groups excluding carboxylic acids is 1. The van der Waals surface area contributed by atoms with Crippen molar-refractivity contribution >= 4 is 43.9 Å². The summed E-state index contributed by atoms with van der Waals surface area (Å²) in [6, 6.07) is 7.56. The molecule has 1 N–H and O–H groups in total. The molecule has 1 saturated heterocycles. The van der Waals surface area contributed by atoms with Gasteiger partial charge in [0.1, 0.15) is 4.70 Å². The van der Waals surface area contributed by atoms with Crippen LogP contribution in [0, 0.1) is 5.92 Å². The van der Waals surface area contributed by atoms with Gasteiger partial charge in [0.25, 0.3) is 4.74 Å². The highest BCUT2D eigenvalue weighted by molar-refractivity contribution is 7.21. The fraction of sp³-hybridized carbons (Fsp3) is 0.350. The number of nitrogens with zero attached hydrogens (tertiary/aromatic N) is 2. The Bertz CT molecular complexity index is 1130. The van der Waals surface area contributed by atoms with E-state index in [0.717, 1.165) is 36.2 Å². The van der Waals surface area contributed by atoms with Crippen LogP contribution in [-0.2, 0) is 11.3 Å². The molecule has 1 atom stereocenters. The number of thiophene rings is 1. The molecule has 4 heterocycles. The van der Waals surface area contributed by atoms with Crippen molar-refractivity contribution in [2.24, 2.45) is 5.92 Å². The zero-order valence-corrected chi connectivity index (χ0v) is 17.2. The van der Waals surface area contributed by atoms with Gasteiger partial charge >= 0.3 is 0 Å². The molecule has 150 valence electrons. The minimum Gasteiger partial charge on any atom is -0.454 e. The second kappa shape index (κ2) is 7.64. The van der Waals surface area contributed by atoms with E-state index in [-0.39, 0.29) is 23.4 Å². The number of anilines is 1. The van der Waals surface area contributed by atoms with Gasteiger partial charge in [0.2, 0.25) is 12.7 Å². The van der Waals surface area contributed by atoms with Gasteiger partial charge in [0.15, 0.2) is 16.6 Å². The van der Waals surface area contributed by atoms with Crippen molar-refractivity contribution in [3.8, 4) is 11.5 Å². The third kappa shape index (κ3) is 3.67. The Morgan fingerprint density at radius 1 is 1.28 bits per heavy atom. The summed E-state index contributed by atoms with van der Waals surface area (Å²) in [5.41, 5.74) is 1.71. The summed E-state index contributed by atoms with van der Waals surface area (Å²) in [5.74, 6) is 1.35. The average molecular weight is 430 g/mol. The lowest BCUT2D eigenvalue weighted by Gasteiger charge is -2.32. The molecule has 0 radical (unpaired) electrons. The molecular weight excluding hydrogens is 410 g/mol. The second-order valence-corrected chi connectivity index (χ2v) is 8.97. The lowest BCUT2D eigenvalue weighted by molar-refractivity contribution is -0.125. The third-order valence-electron chi connectivity index (χ3n) is 5.20. The van der Waals surface area contributed by atoms with Crippen LogP contribution in [-0.4, -0.2) is 30.8 Å². The van der Waals surface area contributed by atoms with Crippen molar-refractivity contribution in [1.29, 1.82) is 0 Å². The number of nitrogens with one attached hydrogen (secondary N) is 1. The highest BCUT2D eigenvalue weighted by atomic mass is 32.1. The van der Waals surface area contributed by atoms with Crippen LogP contribution in [0.5, 0.6) is 11.5 Å². The molecular formula is C20H19N3O4S2. The summed E-state index contributed by atoms with van der Waals surface area (Å²) in [5, 5.41) is 5.62. The maximum Gasteiger partial charge on any atom is 0.255 e. The van der Waals surface area contributed by atoms with Crippen molar-refractivity contribution in [3.05, 3.63) is 44.7 Å². The molecule has 5 rings (SSSR count). The minimum absolute atomic E-state index is 0.0244. The predicted octanol–water partition coefficient (Wildman–Crippen LogP) is 2.98. The maximum absolute atomic E-state index is 12.7. The topological polar surface area (TPSA) is 80.8 Å². The van der Waals surface area contributed by atoms with Gasteiger partial charge in [-0.1, -0.05) is 17.4 Å². The van der Waals surface area contributed by atoms with Gasteiger partial charge in [-0.15, -0.1) is 11.3 Å². The zero-order chi connectivity index (χ0) is 19.8. The van der Waals surface area contributed by atoms with E-state index >= 15 is 0 Å². The Kier molecular flexibility index (Phi) is 4.84. The summed E-state index contributed by atoms with van der Waals surface area (Å²) in [7, 11) is 0. The first kappa shape index (κ1) is 18.4. The van der Waals surface area contributed by atoms with E-state index in [1.807, 2.05) is 29.6 Å². The van der Waals surface area contributed by atoms with Crippen LogP contribution in [0.25, 0.3) is 10.2 Å². The quantitative estimate of drug-likeness (QED) is 0.687. The van der Waals surface area contributed by atoms with Gasteiger partial charge in [0, 0.05) is 19.6 Å². The third-order valence-corrected chi connectivity index (χ3v) is 7.15. The molecule has 0 saturated carbocycles. The SMILES string of the molecule is O=C(NCc1ccc2c(c1)OCO2)[C@H]1CCCN(c2nc3ccsc3c(=O)s2)C1. The van der Waals surface area contributed by atoms with Gasteiger partial charge in [-0.25, -0.2) is 4.98 Å². The normalized spacial score (nSPS) is 18.2. The first-order valence-corrected chi connectivity index (χ1v) is 11.2. The lowest BCUT2D eigenvalue weighted by atomic mass is 9.97. The molecule has 7 nitrogen and oxygen atoms in total. The summed E-state index contributed by atoms with van der Waals surface area (Å²) in [4.78, 5) is 31.8. The number of rotatable bonds is 4. The van der Waals surface area contributed by atoms with Crippen LogP contribution in [0.3, 0.4) is 0 Å². The van der Waals surface area contributed by atoms with E-state index in [9.17, 15) is 9.59 Å². The first-order chi connectivity index (χ1) is 14.2. The number of carbonyl (C=O) groups is 1. The smallest absolute Gasteiger partial charge is 0.255 e. The monoisotopic (exact) mass is 429 g/mol. The van der Waals surface area contributed by atoms with E-state index < -0.39 is 0 Å². The first-order valence-electron chi connectivity index (χ1n) is 9.47. The van der Waals surface area contributed by atoms with Crippen molar-refractivity contribution < 1.29 is 14.3 Å². The Morgan fingerprint density at radius 3 is 3.10 bits per heavy atom. The summed E-state index contributed by atoms with van der Waals surface area (Å²) >= 11 is 2.59. The fourth-order valence-corrected chi connectivity index (χ4v) is 5.42. The van der Waals surface area contributed by atoms with Crippen LogP contribution in [0.1, 0.15) is 18.4 Å².